The van der Waals surface area contributed by atoms with E-state index >= 15 is 0 Å². The van der Waals surface area contributed by atoms with Crippen LogP contribution >= 0.6 is 11.6 Å². The van der Waals surface area contributed by atoms with Gasteiger partial charge in [-0.3, -0.25) is 4.39 Å². The summed E-state index contributed by atoms with van der Waals surface area (Å²) in [7, 11) is 0. The normalized spacial score (nSPS) is 10.7. The van der Waals surface area contributed by atoms with Crippen molar-refractivity contribution in [3.05, 3.63) is 34.9 Å². The Hall–Kier alpha value is -1.55. The molecule has 1 aromatic carbocycles. The molecule has 1 aromatic rings. The van der Waals surface area contributed by atoms with Gasteiger partial charge in [-0.25, -0.2) is 4.79 Å². The molecule has 0 aliphatic carbocycles. The maximum absolute atomic E-state index is 11.9. The first kappa shape index (κ1) is 13.5. The van der Waals surface area contributed by atoms with Crippen LogP contribution in [-0.2, 0) is 4.79 Å². The van der Waals surface area contributed by atoms with E-state index < -0.39 is 12.6 Å². The Labute approximate surface area is 103 Å². The smallest absolute Gasteiger partial charge is 0.328 e. The van der Waals surface area contributed by atoms with Gasteiger partial charge in [-0.15, -0.1) is 0 Å². The number of carboxylic acid groups (broad SMARTS) is 1. The van der Waals surface area contributed by atoms with Gasteiger partial charge < -0.3 is 9.84 Å². The van der Waals surface area contributed by atoms with Gasteiger partial charge in [0.15, 0.2) is 0 Å². The molecule has 0 atom stereocenters. The standard InChI is InChI=1S/C12H12ClFO3/c13-10-3-1-4-11(17-8-2-7-14)9(10)5-6-12(15)16/h1,3-6H,2,7-8H2,(H,15,16)/b6-5+. The zero-order valence-corrected chi connectivity index (χ0v) is 9.78. The van der Waals surface area contributed by atoms with Crippen molar-refractivity contribution >= 4 is 23.6 Å². The molecule has 0 bridgehead atoms. The summed E-state index contributed by atoms with van der Waals surface area (Å²) in [6, 6.07) is 4.97. The summed E-state index contributed by atoms with van der Waals surface area (Å²) < 4.78 is 17.3. The topological polar surface area (TPSA) is 46.5 Å². The Balaban J connectivity index is 2.88. The summed E-state index contributed by atoms with van der Waals surface area (Å²) in [4.78, 5) is 10.4. The average Bonchev–Trinajstić information content (AvgIpc) is 2.28. The fourth-order valence-corrected chi connectivity index (χ4v) is 1.43. The number of rotatable bonds is 6. The first-order chi connectivity index (χ1) is 8.15. The highest BCUT2D eigenvalue weighted by Gasteiger charge is 2.05. The molecule has 1 rings (SSSR count). The summed E-state index contributed by atoms with van der Waals surface area (Å²) in [6.07, 6.45) is 2.62. The average molecular weight is 259 g/mol. The van der Waals surface area contributed by atoms with Gasteiger partial charge in [0.1, 0.15) is 5.75 Å². The molecule has 0 saturated carbocycles. The van der Waals surface area contributed by atoms with Gasteiger partial charge in [0.05, 0.1) is 18.3 Å². The SMILES string of the molecule is O=C(O)/C=C/c1c(Cl)cccc1OCCCF. The van der Waals surface area contributed by atoms with Crippen molar-refractivity contribution in [2.75, 3.05) is 13.3 Å². The number of halogens is 2. The van der Waals surface area contributed by atoms with Gasteiger partial charge in [0.2, 0.25) is 0 Å². The Morgan fingerprint density at radius 3 is 2.94 bits per heavy atom. The molecule has 0 saturated heterocycles. The van der Waals surface area contributed by atoms with Crippen molar-refractivity contribution in [1.29, 1.82) is 0 Å². The van der Waals surface area contributed by atoms with E-state index in [1.54, 1.807) is 18.2 Å². The van der Waals surface area contributed by atoms with E-state index in [1.807, 2.05) is 0 Å². The number of hydrogen-bond donors (Lipinski definition) is 1. The van der Waals surface area contributed by atoms with Gasteiger partial charge in [-0.1, -0.05) is 17.7 Å². The highest BCUT2D eigenvalue weighted by Crippen LogP contribution is 2.27. The minimum Gasteiger partial charge on any atom is -0.493 e. The maximum atomic E-state index is 11.9. The van der Waals surface area contributed by atoms with Crippen LogP contribution < -0.4 is 4.74 Å². The molecule has 0 aliphatic rings. The third-order valence-electron chi connectivity index (χ3n) is 1.94. The monoisotopic (exact) mass is 258 g/mol. The van der Waals surface area contributed by atoms with E-state index in [1.165, 1.54) is 6.08 Å². The Bertz CT molecular complexity index is 418. The van der Waals surface area contributed by atoms with E-state index in [2.05, 4.69) is 0 Å². The lowest BCUT2D eigenvalue weighted by molar-refractivity contribution is -0.131. The lowest BCUT2D eigenvalue weighted by Crippen LogP contribution is -2.00. The number of ether oxygens (including phenoxy) is 1. The predicted molar refractivity (Wildman–Crippen MR) is 64.2 cm³/mol. The van der Waals surface area contributed by atoms with Crippen molar-refractivity contribution in [3.63, 3.8) is 0 Å². The van der Waals surface area contributed by atoms with Gasteiger partial charge in [-0.05, 0) is 18.2 Å². The quantitative estimate of drug-likeness (QED) is 0.630. The molecule has 0 spiro atoms. The second kappa shape index (κ2) is 6.91. The van der Waals surface area contributed by atoms with Crippen LogP contribution in [0.3, 0.4) is 0 Å². The van der Waals surface area contributed by atoms with E-state index in [4.69, 9.17) is 21.4 Å². The van der Waals surface area contributed by atoms with E-state index in [0.717, 1.165) is 6.08 Å². The van der Waals surface area contributed by atoms with Gasteiger partial charge >= 0.3 is 5.97 Å². The van der Waals surface area contributed by atoms with Crippen LogP contribution in [0.15, 0.2) is 24.3 Å². The summed E-state index contributed by atoms with van der Waals surface area (Å²) in [5, 5.41) is 8.94. The molecular weight excluding hydrogens is 247 g/mol. The molecule has 3 nitrogen and oxygen atoms in total. The van der Waals surface area contributed by atoms with Crippen molar-refractivity contribution in [1.82, 2.24) is 0 Å². The van der Waals surface area contributed by atoms with Crippen LogP contribution in [0.4, 0.5) is 4.39 Å². The van der Waals surface area contributed by atoms with Crippen LogP contribution in [0, 0.1) is 0 Å². The van der Waals surface area contributed by atoms with Crippen LogP contribution in [0.5, 0.6) is 5.75 Å². The molecule has 0 radical (unpaired) electrons. The van der Waals surface area contributed by atoms with Gasteiger partial charge in [0.25, 0.3) is 0 Å². The fraction of sp³-hybridized carbons (Fsp3) is 0.250. The third-order valence-corrected chi connectivity index (χ3v) is 2.27. The van der Waals surface area contributed by atoms with Crippen molar-refractivity contribution in [2.45, 2.75) is 6.42 Å². The van der Waals surface area contributed by atoms with Crippen LogP contribution in [0.2, 0.25) is 5.02 Å². The van der Waals surface area contributed by atoms with E-state index in [-0.39, 0.29) is 13.0 Å². The molecule has 0 fully saturated rings. The molecule has 0 amide bonds. The number of benzene rings is 1. The predicted octanol–water partition coefficient (Wildman–Crippen LogP) is 3.18. The summed E-state index contributed by atoms with van der Waals surface area (Å²) in [5.41, 5.74) is 0.482. The Kier molecular flexibility index (Phi) is 5.49. The molecule has 0 unspecified atom stereocenters. The fourth-order valence-electron chi connectivity index (χ4n) is 1.20. The Morgan fingerprint density at radius 2 is 2.29 bits per heavy atom. The maximum Gasteiger partial charge on any atom is 0.328 e. The minimum absolute atomic E-state index is 0.227. The minimum atomic E-state index is -1.07. The van der Waals surface area contributed by atoms with Gasteiger partial charge in [0, 0.05) is 18.1 Å². The van der Waals surface area contributed by atoms with Crippen LogP contribution in [0.25, 0.3) is 6.08 Å². The molecule has 17 heavy (non-hydrogen) atoms. The summed E-state index contributed by atoms with van der Waals surface area (Å²) in [5.74, 6) is -0.622. The summed E-state index contributed by atoms with van der Waals surface area (Å²) >= 11 is 5.93. The molecule has 0 aliphatic heterocycles. The highest BCUT2D eigenvalue weighted by molar-refractivity contribution is 6.32. The number of hydrogen-bond acceptors (Lipinski definition) is 2. The second-order valence-electron chi connectivity index (χ2n) is 3.21. The van der Waals surface area contributed by atoms with Crippen molar-refractivity contribution in [3.8, 4) is 5.75 Å². The molecule has 0 heterocycles. The first-order valence-electron chi connectivity index (χ1n) is 5.03. The van der Waals surface area contributed by atoms with Gasteiger partial charge in [-0.2, -0.15) is 0 Å². The molecule has 92 valence electrons. The van der Waals surface area contributed by atoms with E-state index in [9.17, 15) is 9.18 Å². The van der Waals surface area contributed by atoms with E-state index in [0.29, 0.717) is 16.3 Å². The van der Waals surface area contributed by atoms with Crippen LogP contribution in [0.1, 0.15) is 12.0 Å². The molecule has 5 heteroatoms. The number of alkyl halides is 1. The van der Waals surface area contributed by atoms with Crippen molar-refractivity contribution < 1.29 is 19.0 Å². The third kappa shape index (κ3) is 4.44. The number of carbonyl (C=O) groups is 1. The lowest BCUT2D eigenvalue weighted by Gasteiger charge is -2.09. The zero-order valence-electron chi connectivity index (χ0n) is 9.03. The Morgan fingerprint density at radius 1 is 1.53 bits per heavy atom. The second-order valence-corrected chi connectivity index (χ2v) is 3.62. The van der Waals surface area contributed by atoms with Crippen molar-refractivity contribution in [2.24, 2.45) is 0 Å². The first-order valence-corrected chi connectivity index (χ1v) is 5.41. The lowest BCUT2D eigenvalue weighted by atomic mass is 10.2. The largest absolute Gasteiger partial charge is 0.493 e. The molecule has 1 N–H and O–H groups in total. The zero-order chi connectivity index (χ0) is 12.7. The molecule has 0 aromatic heterocycles. The highest BCUT2D eigenvalue weighted by atomic mass is 35.5. The summed E-state index contributed by atoms with van der Waals surface area (Å²) in [6.45, 7) is -0.231. The number of aliphatic carboxylic acids is 1. The number of carboxylic acids is 1. The van der Waals surface area contributed by atoms with Crippen LogP contribution in [-0.4, -0.2) is 24.4 Å². The molecular formula is C12H12ClFO3.